The summed E-state index contributed by atoms with van der Waals surface area (Å²) in [6.07, 6.45) is 2.51. The van der Waals surface area contributed by atoms with Gasteiger partial charge in [-0.05, 0) is 86.5 Å². The number of rotatable bonds is 8. The highest BCUT2D eigenvalue weighted by molar-refractivity contribution is 6.05. The second-order valence-corrected chi connectivity index (χ2v) is 10.1. The third kappa shape index (κ3) is 6.85. The van der Waals surface area contributed by atoms with Crippen LogP contribution in [0.25, 0.3) is 0 Å². The predicted octanol–water partition coefficient (Wildman–Crippen LogP) is 5.45. The number of Topliss-reactive ketones (excluding diaryl/α,β-unsaturated/α-hetero) is 1. The van der Waals surface area contributed by atoms with Crippen molar-refractivity contribution in [2.45, 2.75) is 19.8 Å². The van der Waals surface area contributed by atoms with Crippen LogP contribution in [-0.4, -0.2) is 52.7 Å². The molecule has 1 aliphatic rings. The van der Waals surface area contributed by atoms with Crippen LogP contribution in [0.3, 0.4) is 0 Å². The smallest absolute Gasteiger partial charge is 0.272 e. The molecule has 2 aromatic heterocycles. The van der Waals surface area contributed by atoms with Crippen LogP contribution < -0.4 is 14.8 Å². The Labute approximate surface area is 248 Å². The molecule has 5 rings (SSSR count). The number of pyridine rings is 2. The van der Waals surface area contributed by atoms with Crippen molar-refractivity contribution < 1.29 is 23.9 Å². The van der Waals surface area contributed by atoms with Crippen molar-refractivity contribution in [3.63, 3.8) is 0 Å². The number of anilines is 1. The largest absolute Gasteiger partial charge is 0.497 e. The van der Waals surface area contributed by atoms with Gasteiger partial charge < -0.3 is 19.7 Å². The third-order valence-electron chi connectivity index (χ3n) is 7.29. The average molecular weight is 576 g/mol. The number of aryl methyl sites for hydroxylation is 1. The van der Waals surface area contributed by atoms with E-state index in [0.717, 1.165) is 0 Å². The standard InChI is InChI=1S/C33H29N5O5/c1-21-28(13-14-30(36-21)43-27-8-3-22(19-34)4-9-27)37-32(40)25-7-12-29(35-20-25)33(41)38-17-15-24(16-18-38)31(39)23-5-10-26(42-2)11-6-23/h3-14,20,24H,15-18H2,1-2H3,(H,37,40). The first-order valence-electron chi connectivity index (χ1n) is 13.7. The molecule has 10 nitrogen and oxygen atoms in total. The van der Waals surface area contributed by atoms with E-state index < -0.39 is 5.91 Å². The van der Waals surface area contributed by atoms with Crippen molar-refractivity contribution in [3.8, 4) is 23.4 Å². The fourth-order valence-corrected chi connectivity index (χ4v) is 4.79. The fourth-order valence-electron chi connectivity index (χ4n) is 4.79. The van der Waals surface area contributed by atoms with Gasteiger partial charge in [0.25, 0.3) is 11.8 Å². The van der Waals surface area contributed by atoms with E-state index in [4.69, 9.17) is 14.7 Å². The Hall–Kier alpha value is -5.56. The van der Waals surface area contributed by atoms with Gasteiger partial charge in [-0.2, -0.15) is 5.26 Å². The highest BCUT2D eigenvalue weighted by Gasteiger charge is 2.29. The second-order valence-electron chi connectivity index (χ2n) is 10.1. The molecule has 0 radical (unpaired) electrons. The van der Waals surface area contributed by atoms with Gasteiger partial charge in [0.2, 0.25) is 5.88 Å². The summed E-state index contributed by atoms with van der Waals surface area (Å²) in [5.74, 6) is 0.873. The molecule has 1 aliphatic heterocycles. The lowest BCUT2D eigenvalue weighted by Gasteiger charge is -2.31. The number of methoxy groups -OCH3 is 1. The number of amides is 2. The van der Waals surface area contributed by atoms with Gasteiger partial charge in [-0.3, -0.25) is 19.4 Å². The summed E-state index contributed by atoms with van der Waals surface area (Å²) >= 11 is 0. The van der Waals surface area contributed by atoms with Crippen LogP contribution in [0.1, 0.15) is 55.3 Å². The first kappa shape index (κ1) is 29.0. The quantitative estimate of drug-likeness (QED) is 0.274. The lowest BCUT2D eigenvalue weighted by Crippen LogP contribution is -2.40. The molecule has 2 amide bonds. The van der Waals surface area contributed by atoms with Crippen molar-refractivity contribution >= 4 is 23.3 Å². The number of aromatic nitrogens is 2. The summed E-state index contributed by atoms with van der Waals surface area (Å²) in [5, 5.41) is 11.7. The van der Waals surface area contributed by atoms with E-state index in [9.17, 15) is 14.4 Å². The lowest BCUT2D eigenvalue weighted by atomic mass is 9.88. The molecule has 3 heterocycles. The van der Waals surface area contributed by atoms with Gasteiger partial charge >= 0.3 is 0 Å². The van der Waals surface area contributed by atoms with Gasteiger partial charge in [-0.25, -0.2) is 4.98 Å². The van der Waals surface area contributed by atoms with E-state index in [0.29, 0.717) is 65.8 Å². The van der Waals surface area contributed by atoms with Crippen molar-refractivity contribution in [2.75, 3.05) is 25.5 Å². The third-order valence-corrected chi connectivity index (χ3v) is 7.29. The summed E-state index contributed by atoms with van der Waals surface area (Å²) in [7, 11) is 1.58. The molecule has 43 heavy (non-hydrogen) atoms. The SMILES string of the molecule is COc1ccc(C(=O)C2CCN(C(=O)c3ccc(C(=O)Nc4ccc(Oc5ccc(C#N)cc5)nc4C)cn3)CC2)cc1. The van der Waals surface area contributed by atoms with Crippen LogP contribution in [0, 0.1) is 24.2 Å². The number of carbonyl (C=O) groups excluding carboxylic acids is 3. The maximum Gasteiger partial charge on any atom is 0.272 e. The number of nitriles is 1. The molecule has 0 bridgehead atoms. The highest BCUT2D eigenvalue weighted by atomic mass is 16.5. The molecule has 0 atom stereocenters. The molecule has 0 saturated carbocycles. The van der Waals surface area contributed by atoms with Crippen LogP contribution in [0.2, 0.25) is 0 Å². The number of nitrogens with one attached hydrogen (secondary N) is 1. The van der Waals surface area contributed by atoms with Crippen molar-refractivity contribution in [1.29, 1.82) is 5.26 Å². The van der Waals surface area contributed by atoms with Gasteiger partial charge in [-0.15, -0.1) is 0 Å². The Morgan fingerprint density at radius 2 is 1.58 bits per heavy atom. The van der Waals surface area contributed by atoms with Crippen LogP contribution >= 0.6 is 0 Å². The summed E-state index contributed by atoms with van der Waals surface area (Å²) in [6, 6.07) is 22.2. The predicted molar refractivity (Wildman–Crippen MR) is 158 cm³/mol. The number of carbonyl (C=O) groups is 3. The second kappa shape index (κ2) is 13.0. The fraction of sp³-hybridized carbons (Fsp3) is 0.212. The number of hydrogen-bond donors (Lipinski definition) is 1. The number of piperidine rings is 1. The zero-order valence-corrected chi connectivity index (χ0v) is 23.7. The van der Waals surface area contributed by atoms with E-state index in [-0.39, 0.29) is 28.9 Å². The van der Waals surface area contributed by atoms with E-state index >= 15 is 0 Å². The molecule has 1 saturated heterocycles. The molecule has 0 unspecified atom stereocenters. The zero-order valence-electron chi connectivity index (χ0n) is 23.7. The van der Waals surface area contributed by atoms with Crippen molar-refractivity contribution in [1.82, 2.24) is 14.9 Å². The van der Waals surface area contributed by atoms with Gasteiger partial charge in [0, 0.05) is 36.8 Å². The van der Waals surface area contributed by atoms with Crippen molar-refractivity contribution in [2.24, 2.45) is 5.92 Å². The van der Waals surface area contributed by atoms with E-state index in [2.05, 4.69) is 21.4 Å². The molecule has 0 aliphatic carbocycles. The Balaban J connectivity index is 1.14. The Kier molecular flexibility index (Phi) is 8.72. The van der Waals surface area contributed by atoms with E-state index in [1.807, 2.05) is 0 Å². The van der Waals surface area contributed by atoms with Gasteiger partial charge in [-0.1, -0.05) is 0 Å². The first-order chi connectivity index (χ1) is 20.8. The van der Waals surface area contributed by atoms with Gasteiger partial charge in [0.05, 0.1) is 35.7 Å². The number of nitrogens with zero attached hydrogens (tertiary/aromatic N) is 4. The highest BCUT2D eigenvalue weighted by Crippen LogP contribution is 2.25. The summed E-state index contributed by atoms with van der Waals surface area (Å²) in [4.78, 5) is 49.1. The topological polar surface area (TPSA) is 135 Å². The number of hydrogen-bond acceptors (Lipinski definition) is 8. The van der Waals surface area contributed by atoms with Crippen LogP contribution in [0.15, 0.2) is 79.0 Å². The maximum atomic E-state index is 13.1. The number of likely N-dealkylation sites (tertiary alicyclic amines) is 1. The first-order valence-corrected chi connectivity index (χ1v) is 13.7. The molecule has 216 valence electrons. The molecule has 0 spiro atoms. The molecular weight excluding hydrogens is 546 g/mol. The summed E-state index contributed by atoms with van der Waals surface area (Å²) in [6.45, 7) is 2.65. The lowest BCUT2D eigenvalue weighted by molar-refractivity contribution is 0.0645. The molecule has 4 aromatic rings. The molecule has 1 fully saturated rings. The minimum atomic E-state index is -0.394. The zero-order chi connectivity index (χ0) is 30.3. The maximum absolute atomic E-state index is 13.1. The average Bonchev–Trinajstić information content (AvgIpc) is 3.06. The summed E-state index contributed by atoms with van der Waals surface area (Å²) < 4.78 is 10.9. The molecule has 2 aromatic carbocycles. The minimum absolute atomic E-state index is 0.0714. The van der Waals surface area contributed by atoms with Gasteiger partial charge in [0.1, 0.15) is 17.2 Å². The normalized spacial score (nSPS) is 13.1. The minimum Gasteiger partial charge on any atom is -0.497 e. The Morgan fingerprint density at radius 1 is 0.907 bits per heavy atom. The van der Waals surface area contributed by atoms with E-state index in [1.165, 1.54) is 12.3 Å². The monoisotopic (exact) mass is 575 g/mol. The Bertz CT molecular complexity index is 1670. The molecular formula is C33H29N5O5. The van der Waals surface area contributed by atoms with Gasteiger partial charge in [0.15, 0.2) is 5.78 Å². The molecule has 1 N–H and O–H groups in total. The molecule has 10 heteroatoms. The van der Waals surface area contributed by atoms with Crippen LogP contribution in [-0.2, 0) is 0 Å². The summed E-state index contributed by atoms with van der Waals surface area (Å²) in [5.41, 5.74) is 2.74. The van der Waals surface area contributed by atoms with Crippen LogP contribution in [0.4, 0.5) is 5.69 Å². The van der Waals surface area contributed by atoms with Crippen LogP contribution in [0.5, 0.6) is 17.4 Å². The Morgan fingerprint density at radius 3 is 2.19 bits per heavy atom. The number of ketones is 1. The van der Waals surface area contributed by atoms with E-state index in [1.54, 1.807) is 85.7 Å². The number of ether oxygens (including phenoxy) is 2. The number of benzene rings is 2. The van der Waals surface area contributed by atoms with Crippen molar-refractivity contribution in [3.05, 3.63) is 107 Å².